The van der Waals surface area contributed by atoms with Gasteiger partial charge in [-0.15, -0.1) is 0 Å². The van der Waals surface area contributed by atoms with E-state index in [4.69, 9.17) is 0 Å². The maximum Gasteiger partial charge on any atom is 0.123 e. The van der Waals surface area contributed by atoms with Crippen molar-refractivity contribution in [1.82, 2.24) is 0 Å². The van der Waals surface area contributed by atoms with Crippen molar-refractivity contribution < 1.29 is 9.59 Å². The van der Waals surface area contributed by atoms with Gasteiger partial charge in [0.1, 0.15) is 12.6 Å². The molecule has 0 N–H and O–H groups in total. The van der Waals surface area contributed by atoms with Gasteiger partial charge in [0.2, 0.25) is 0 Å². The molecule has 0 heterocycles. The van der Waals surface area contributed by atoms with Crippen molar-refractivity contribution in [3.8, 4) is 0 Å². The van der Waals surface area contributed by atoms with E-state index in [1.54, 1.807) is 0 Å². The molecule has 4 rings (SSSR count). The molecule has 0 amide bonds. The maximum atomic E-state index is 10.5. The molecular weight excluding hydrogens is 248 g/mol. The van der Waals surface area contributed by atoms with Crippen molar-refractivity contribution in [2.45, 2.75) is 64.2 Å². The molecule has 6 atom stereocenters. The number of rotatable bonds is 2. The summed E-state index contributed by atoms with van der Waals surface area (Å²) in [5.74, 6) is 4.38. The lowest BCUT2D eigenvalue weighted by Crippen LogP contribution is -2.18. The Morgan fingerprint density at radius 1 is 0.550 bits per heavy atom. The van der Waals surface area contributed by atoms with Crippen LogP contribution in [-0.4, -0.2) is 12.6 Å². The first kappa shape index (κ1) is 14.3. The number of hydrogen-bond acceptors (Lipinski definition) is 2. The second-order valence-electron chi connectivity index (χ2n) is 7.63. The summed E-state index contributed by atoms with van der Waals surface area (Å²) in [5, 5.41) is 0. The van der Waals surface area contributed by atoms with Crippen LogP contribution in [0.25, 0.3) is 0 Å². The summed E-state index contributed by atoms with van der Waals surface area (Å²) in [4.78, 5) is 21.1. The fourth-order valence-corrected chi connectivity index (χ4v) is 5.22. The van der Waals surface area contributed by atoms with E-state index < -0.39 is 0 Å². The van der Waals surface area contributed by atoms with Crippen LogP contribution >= 0.6 is 0 Å². The van der Waals surface area contributed by atoms with Crippen molar-refractivity contribution >= 4 is 12.6 Å². The average Bonchev–Trinajstić information content (AvgIpc) is 3.05. The molecule has 0 radical (unpaired) electrons. The Morgan fingerprint density at radius 2 is 0.950 bits per heavy atom. The zero-order chi connectivity index (χ0) is 13.9. The first-order valence-electron chi connectivity index (χ1n) is 8.70. The third-order valence-corrected chi connectivity index (χ3v) is 6.54. The maximum absolute atomic E-state index is 10.5. The first-order chi connectivity index (χ1) is 9.80. The molecule has 4 fully saturated rings. The van der Waals surface area contributed by atoms with Crippen LogP contribution < -0.4 is 0 Å². The van der Waals surface area contributed by atoms with Crippen molar-refractivity contribution in [3.63, 3.8) is 0 Å². The van der Waals surface area contributed by atoms with Gasteiger partial charge in [0.05, 0.1) is 0 Å². The van der Waals surface area contributed by atoms with Gasteiger partial charge < -0.3 is 9.59 Å². The minimum atomic E-state index is 0.429. The summed E-state index contributed by atoms with van der Waals surface area (Å²) in [7, 11) is 0. The van der Waals surface area contributed by atoms with Gasteiger partial charge in [0, 0.05) is 11.8 Å². The number of aldehydes is 2. The van der Waals surface area contributed by atoms with E-state index in [9.17, 15) is 9.59 Å². The van der Waals surface area contributed by atoms with E-state index in [2.05, 4.69) is 0 Å². The van der Waals surface area contributed by atoms with Crippen LogP contribution in [0.2, 0.25) is 0 Å². The standard InChI is InChI=1S/2C9H14O/c2*10-6-9-4-2-7-1-3-8(9)5-7/h2*6-9H,1-5H2. The second-order valence-corrected chi connectivity index (χ2v) is 7.63. The van der Waals surface area contributed by atoms with Crippen molar-refractivity contribution in [1.29, 1.82) is 0 Å². The molecule has 0 aromatic heterocycles. The summed E-state index contributed by atoms with van der Waals surface area (Å²) in [6, 6.07) is 0. The van der Waals surface area contributed by atoms with Gasteiger partial charge >= 0.3 is 0 Å². The fraction of sp³-hybridized carbons (Fsp3) is 0.889. The van der Waals surface area contributed by atoms with Crippen LogP contribution in [-0.2, 0) is 9.59 Å². The van der Waals surface area contributed by atoms with E-state index in [-0.39, 0.29) is 0 Å². The highest BCUT2D eigenvalue weighted by Gasteiger charge is 2.35. The zero-order valence-corrected chi connectivity index (χ0v) is 12.5. The van der Waals surface area contributed by atoms with Gasteiger partial charge in [-0.25, -0.2) is 0 Å². The lowest BCUT2D eigenvalue weighted by Gasteiger charge is -2.23. The van der Waals surface area contributed by atoms with Crippen LogP contribution in [0.1, 0.15) is 64.2 Å². The molecular formula is C18H28O2. The largest absolute Gasteiger partial charge is 0.303 e. The smallest absolute Gasteiger partial charge is 0.123 e. The third-order valence-electron chi connectivity index (χ3n) is 6.54. The number of carbonyl (C=O) groups excluding carboxylic acids is 2. The Hall–Kier alpha value is -0.660. The highest BCUT2D eigenvalue weighted by molar-refractivity contribution is 5.54. The number of carbonyl (C=O) groups is 2. The molecule has 6 unspecified atom stereocenters. The Kier molecular flexibility index (Phi) is 4.58. The fourth-order valence-electron chi connectivity index (χ4n) is 5.22. The van der Waals surface area contributed by atoms with Crippen LogP contribution in [0, 0.1) is 35.5 Å². The monoisotopic (exact) mass is 276 g/mol. The van der Waals surface area contributed by atoms with Gasteiger partial charge in [-0.3, -0.25) is 0 Å². The quantitative estimate of drug-likeness (QED) is 0.714. The van der Waals surface area contributed by atoms with E-state index in [0.717, 1.165) is 23.7 Å². The molecule has 4 bridgehead atoms. The highest BCUT2D eigenvalue weighted by Crippen LogP contribution is 2.45. The Morgan fingerprint density at radius 3 is 1.35 bits per heavy atom. The number of hydrogen-bond donors (Lipinski definition) is 0. The van der Waals surface area contributed by atoms with Crippen molar-refractivity contribution in [2.75, 3.05) is 0 Å². The molecule has 4 aliphatic rings. The summed E-state index contributed by atoms with van der Waals surface area (Å²) in [5.41, 5.74) is 0. The first-order valence-corrected chi connectivity index (χ1v) is 8.70. The SMILES string of the molecule is O=CC1CCC2CCC1C2.O=CC1CCC2CCC1C2. The third kappa shape index (κ3) is 2.99. The lowest BCUT2D eigenvalue weighted by atomic mass is 9.81. The van der Waals surface area contributed by atoms with Gasteiger partial charge in [-0.2, -0.15) is 0 Å². The van der Waals surface area contributed by atoms with Crippen molar-refractivity contribution in [2.24, 2.45) is 35.5 Å². The van der Waals surface area contributed by atoms with E-state index in [1.807, 2.05) is 0 Å². The molecule has 4 aliphatic carbocycles. The molecule has 2 heteroatoms. The Bertz CT molecular complexity index is 317. The topological polar surface area (TPSA) is 34.1 Å². The highest BCUT2D eigenvalue weighted by atomic mass is 16.1. The molecule has 20 heavy (non-hydrogen) atoms. The summed E-state index contributed by atoms with van der Waals surface area (Å²) in [6.45, 7) is 0. The van der Waals surface area contributed by atoms with Gasteiger partial charge in [0.15, 0.2) is 0 Å². The predicted octanol–water partition coefficient (Wildman–Crippen LogP) is 4.02. The van der Waals surface area contributed by atoms with Gasteiger partial charge in [-0.05, 0) is 75.0 Å². The van der Waals surface area contributed by atoms with Gasteiger partial charge in [-0.1, -0.05) is 12.8 Å². The average molecular weight is 276 g/mol. The van der Waals surface area contributed by atoms with Crippen molar-refractivity contribution in [3.05, 3.63) is 0 Å². The predicted molar refractivity (Wildman–Crippen MR) is 79.2 cm³/mol. The van der Waals surface area contributed by atoms with Crippen LogP contribution in [0.4, 0.5) is 0 Å². The van der Waals surface area contributed by atoms with Gasteiger partial charge in [0.25, 0.3) is 0 Å². The van der Waals surface area contributed by atoms with E-state index >= 15 is 0 Å². The molecule has 0 spiro atoms. The Labute approximate surface area is 122 Å². The van der Waals surface area contributed by atoms with Crippen LogP contribution in [0.5, 0.6) is 0 Å². The summed E-state index contributed by atoms with van der Waals surface area (Å²) in [6.07, 6.45) is 15.5. The lowest BCUT2D eigenvalue weighted by molar-refractivity contribution is -0.114. The van der Waals surface area contributed by atoms with E-state index in [0.29, 0.717) is 11.8 Å². The zero-order valence-electron chi connectivity index (χ0n) is 12.5. The minimum Gasteiger partial charge on any atom is -0.303 e. The molecule has 0 aromatic carbocycles. The minimum absolute atomic E-state index is 0.429. The van der Waals surface area contributed by atoms with E-state index in [1.165, 1.54) is 76.8 Å². The molecule has 0 saturated heterocycles. The molecule has 0 aromatic rings. The Balaban J connectivity index is 0.000000121. The molecule has 112 valence electrons. The second kappa shape index (κ2) is 6.41. The normalized spacial score (nSPS) is 45.4. The number of fused-ring (bicyclic) bond motifs is 4. The molecule has 2 nitrogen and oxygen atoms in total. The van der Waals surface area contributed by atoms with Crippen LogP contribution in [0.15, 0.2) is 0 Å². The summed E-state index contributed by atoms with van der Waals surface area (Å²) >= 11 is 0. The molecule has 0 aliphatic heterocycles. The van der Waals surface area contributed by atoms with Crippen LogP contribution in [0.3, 0.4) is 0 Å². The molecule has 4 saturated carbocycles. The summed E-state index contributed by atoms with van der Waals surface area (Å²) < 4.78 is 0.